The number of nitrogens with zero attached hydrogens (tertiary/aromatic N) is 3. The Labute approximate surface area is 120 Å². The molecule has 0 saturated heterocycles. The molecule has 1 atom stereocenters. The normalized spacial score (nSPS) is 18.1. The average Bonchev–Trinajstić information content (AvgIpc) is 2.84. The van der Waals surface area contributed by atoms with Crippen molar-refractivity contribution in [3.8, 4) is 0 Å². The second-order valence-corrected chi connectivity index (χ2v) is 5.74. The summed E-state index contributed by atoms with van der Waals surface area (Å²) < 4.78 is 1.93. The maximum absolute atomic E-state index is 5.63. The summed E-state index contributed by atoms with van der Waals surface area (Å²) in [6, 6.07) is 10.6. The molecule has 1 aromatic heterocycles. The molecule has 20 heavy (non-hydrogen) atoms. The molecule has 0 aliphatic carbocycles. The standard InChI is InChI=1S/C16H22N4/c1-13-11-14-5-2-3-6-15(14)19(12-13)8-4-9-20-10-7-16(17)18-20/h2-3,5-7,10,13H,4,8-9,11-12H2,1H3,(H2,17,18). The van der Waals surface area contributed by atoms with Crippen LogP contribution in [0.25, 0.3) is 0 Å². The number of nitrogen functional groups attached to an aromatic ring is 1. The Bertz CT molecular complexity index is 575. The molecule has 3 rings (SSSR count). The fourth-order valence-corrected chi connectivity index (χ4v) is 3.04. The summed E-state index contributed by atoms with van der Waals surface area (Å²) in [5, 5.41) is 4.23. The summed E-state index contributed by atoms with van der Waals surface area (Å²) in [4.78, 5) is 2.51. The second-order valence-electron chi connectivity index (χ2n) is 5.74. The number of fused-ring (bicyclic) bond motifs is 1. The van der Waals surface area contributed by atoms with Crippen LogP contribution >= 0.6 is 0 Å². The van der Waals surface area contributed by atoms with E-state index in [4.69, 9.17) is 5.73 Å². The van der Waals surface area contributed by atoms with Crippen molar-refractivity contribution >= 4 is 11.5 Å². The average molecular weight is 270 g/mol. The number of aryl methyl sites for hydroxylation is 1. The third-order valence-corrected chi connectivity index (χ3v) is 3.91. The molecule has 0 saturated carbocycles. The minimum Gasteiger partial charge on any atom is -0.382 e. The fourth-order valence-electron chi connectivity index (χ4n) is 3.04. The Balaban J connectivity index is 1.62. The number of anilines is 2. The van der Waals surface area contributed by atoms with Crippen molar-refractivity contribution in [2.24, 2.45) is 5.92 Å². The zero-order valence-corrected chi connectivity index (χ0v) is 12.0. The third-order valence-electron chi connectivity index (χ3n) is 3.91. The van der Waals surface area contributed by atoms with Gasteiger partial charge in [-0.15, -0.1) is 0 Å². The summed E-state index contributed by atoms with van der Waals surface area (Å²) >= 11 is 0. The van der Waals surface area contributed by atoms with Crippen LogP contribution in [0.4, 0.5) is 11.5 Å². The predicted octanol–water partition coefficient (Wildman–Crippen LogP) is 2.55. The van der Waals surface area contributed by atoms with Gasteiger partial charge in [0, 0.05) is 31.5 Å². The van der Waals surface area contributed by atoms with Crippen molar-refractivity contribution in [3.63, 3.8) is 0 Å². The Morgan fingerprint density at radius 2 is 2.10 bits per heavy atom. The van der Waals surface area contributed by atoms with Crippen molar-refractivity contribution in [2.75, 3.05) is 23.7 Å². The summed E-state index contributed by atoms with van der Waals surface area (Å²) in [7, 11) is 0. The zero-order valence-electron chi connectivity index (χ0n) is 12.0. The zero-order chi connectivity index (χ0) is 13.9. The van der Waals surface area contributed by atoms with Gasteiger partial charge in [0.2, 0.25) is 0 Å². The fraction of sp³-hybridized carbons (Fsp3) is 0.438. The van der Waals surface area contributed by atoms with Gasteiger partial charge >= 0.3 is 0 Å². The number of para-hydroxylation sites is 1. The first-order chi connectivity index (χ1) is 9.72. The van der Waals surface area contributed by atoms with Gasteiger partial charge in [-0.1, -0.05) is 25.1 Å². The van der Waals surface area contributed by atoms with E-state index in [1.54, 1.807) is 0 Å². The summed E-state index contributed by atoms with van der Waals surface area (Å²) in [6.07, 6.45) is 4.23. The molecule has 0 amide bonds. The van der Waals surface area contributed by atoms with Crippen LogP contribution in [0.15, 0.2) is 36.5 Å². The number of rotatable bonds is 4. The number of nitrogens with two attached hydrogens (primary N) is 1. The van der Waals surface area contributed by atoms with Crippen LogP contribution in [-0.4, -0.2) is 22.9 Å². The van der Waals surface area contributed by atoms with Crippen LogP contribution in [-0.2, 0) is 13.0 Å². The lowest BCUT2D eigenvalue weighted by Crippen LogP contribution is -2.35. The summed E-state index contributed by atoms with van der Waals surface area (Å²) in [5.41, 5.74) is 8.52. The molecular formula is C16H22N4. The highest BCUT2D eigenvalue weighted by molar-refractivity contribution is 5.55. The number of hydrogen-bond acceptors (Lipinski definition) is 3. The number of hydrogen-bond donors (Lipinski definition) is 1. The highest BCUT2D eigenvalue weighted by Gasteiger charge is 2.20. The lowest BCUT2D eigenvalue weighted by molar-refractivity contribution is 0.506. The lowest BCUT2D eigenvalue weighted by atomic mass is 9.94. The first-order valence-electron chi connectivity index (χ1n) is 7.34. The smallest absolute Gasteiger partial charge is 0.145 e. The van der Waals surface area contributed by atoms with Gasteiger partial charge in [-0.05, 0) is 36.5 Å². The molecule has 1 aliphatic heterocycles. The molecular weight excluding hydrogens is 248 g/mol. The molecule has 4 heteroatoms. The maximum Gasteiger partial charge on any atom is 0.145 e. The quantitative estimate of drug-likeness (QED) is 0.928. The van der Waals surface area contributed by atoms with E-state index < -0.39 is 0 Å². The van der Waals surface area contributed by atoms with E-state index in [-0.39, 0.29) is 0 Å². The molecule has 1 aromatic carbocycles. The highest BCUT2D eigenvalue weighted by atomic mass is 15.3. The molecule has 1 aliphatic rings. The van der Waals surface area contributed by atoms with Gasteiger partial charge in [0.15, 0.2) is 0 Å². The van der Waals surface area contributed by atoms with Gasteiger partial charge in [-0.25, -0.2) is 0 Å². The van der Waals surface area contributed by atoms with Crippen molar-refractivity contribution in [1.82, 2.24) is 9.78 Å². The topological polar surface area (TPSA) is 47.1 Å². The molecule has 106 valence electrons. The maximum atomic E-state index is 5.63. The van der Waals surface area contributed by atoms with Crippen LogP contribution in [0, 0.1) is 5.92 Å². The van der Waals surface area contributed by atoms with Crippen molar-refractivity contribution in [2.45, 2.75) is 26.3 Å². The Morgan fingerprint density at radius 3 is 2.90 bits per heavy atom. The molecule has 2 aromatic rings. The Hall–Kier alpha value is -1.97. The van der Waals surface area contributed by atoms with E-state index in [1.807, 2.05) is 16.9 Å². The first-order valence-corrected chi connectivity index (χ1v) is 7.34. The SMILES string of the molecule is CC1Cc2ccccc2N(CCCn2ccc(N)n2)C1. The Kier molecular flexibility index (Phi) is 3.63. The molecule has 0 radical (unpaired) electrons. The van der Waals surface area contributed by atoms with E-state index in [9.17, 15) is 0 Å². The third kappa shape index (κ3) is 2.79. The molecule has 2 heterocycles. The monoisotopic (exact) mass is 270 g/mol. The minimum absolute atomic E-state index is 0.599. The molecule has 1 unspecified atom stereocenters. The second kappa shape index (κ2) is 5.57. The van der Waals surface area contributed by atoms with Gasteiger partial charge < -0.3 is 10.6 Å². The van der Waals surface area contributed by atoms with Crippen LogP contribution < -0.4 is 10.6 Å². The van der Waals surface area contributed by atoms with Gasteiger partial charge in [0.1, 0.15) is 5.82 Å². The van der Waals surface area contributed by atoms with E-state index in [0.29, 0.717) is 5.82 Å². The van der Waals surface area contributed by atoms with Gasteiger partial charge in [-0.2, -0.15) is 5.10 Å². The predicted molar refractivity (Wildman–Crippen MR) is 82.8 cm³/mol. The van der Waals surface area contributed by atoms with Crippen molar-refractivity contribution in [1.29, 1.82) is 0 Å². The largest absolute Gasteiger partial charge is 0.382 e. The van der Waals surface area contributed by atoms with Crippen LogP contribution in [0.2, 0.25) is 0 Å². The number of benzene rings is 1. The Morgan fingerprint density at radius 1 is 1.25 bits per heavy atom. The number of aromatic nitrogens is 2. The van der Waals surface area contributed by atoms with E-state index in [0.717, 1.165) is 32.0 Å². The van der Waals surface area contributed by atoms with E-state index in [1.165, 1.54) is 17.7 Å². The lowest BCUT2D eigenvalue weighted by Gasteiger charge is -2.34. The summed E-state index contributed by atoms with van der Waals surface area (Å²) in [6.45, 7) is 5.47. The molecule has 2 N–H and O–H groups in total. The molecule has 4 nitrogen and oxygen atoms in total. The van der Waals surface area contributed by atoms with Crippen molar-refractivity contribution < 1.29 is 0 Å². The van der Waals surface area contributed by atoms with E-state index in [2.05, 4.69) is 41.2 Å². The van der Waals surface area contributed by atoms with Gasteiger partial charge in [-0.3, -0.25) is 4.68 Å². The molecule has 0 spiro atoms. The van der Waals surface area contributed by atoms with Crippen LogP contribution in [0.5, 0.6) is 0 Å². The highest BCUT2D eigenvalue weighted by Crippen LogP contribution is 2.29. The summed E-state index contributed by atoms with van der Waals surface area (Å²) in [5.74, 6) is 1.33. The molecule has 0 fully saturated rings. The first kappa shape index (κ1) is 13.0. The van der Waals surface area contributed by atoms with Gasteiger partial charge in [0.25, 0.3) is 0 Å². The van der Waals surface area contributed by atoms with Crippen LogP contribution in [0.1, 0.15) is 18.9 Å². The minimum atomic E-state index is 0.599. The van der Waals surface area contributed by atoms with Crippen molar-refractivity contribution in [3.05, 3.63) is 42.1 Å². The van der Waals surface area contributed by atoms with Crippen LogP contribution in [0.3, 0.4) is 0 Å². The van der Waals surface area contributed by atoms with E-state index >= 15 is 0 Å². The van der Waals surface area contributed by atoms with Gasteiger partial charge in [0.05, 0.1) is 0 Å². The molecule has 0 bridgehead atoms.